The number of nitrogen functional groups attached to an aromatic ring is 1. The predicted octanol–water partition coefficient (Wildman–Crippen LogP) is 2.63. The Bertz CT molecular complexity index is 790. The Morgan fingerprint density at radius 2 is 1.84 bits per heavy atom. The highest BCUT2D eigenvalue weighted by Crippen LogP contribution is 2.11. The average molecular weight is 250 g/mol. The molecule has 19 heavy (non-hydrogen) atoms. The van der Waals surface area contributed by atoms with E-state index in [4.69, 9.17) is 5.73 Å². The molecule has 1 aromatic heterocycles. The van der Waals surface area contributed by atoms with Crippen LogP contribution >= 0.6 is 0 Å². The number of hydrogen-bond acceptors (Lipinski definition) is 2. The summed E-state index contributed by atoms with van der Waals surface area (Å²) in [6.45, 7) is 0.536. The summed E-state index contributed by atoms with van der Waals surface area (Å²) in [5.74, 6) is 0. The molecule has 0 atom stereocenters. The number of anilines is 1. The van der Waals surface area contributed by atoms with Gasteiger partial charge in [0.2, 0.25) is 0 Å². The molecule has 1 heterocycles. The van der Waals surface area contributed by atoms with E-state index in [1.165, 1.54) is 0 Å². The molecule has 2 aromatic carbocycles. The van der Waals surface area contributed by atoms with Gasteiger partial charge in [-0.05, 0) is 35.2 Å². The topological polar surface area (TPSA) is 48.0 Å². The molecule has 0 radical (unpaired) electrons. The summed E-state index contributed by atoms with van der Waals surface area (Å²) >= 11 is 0. The van der Waals surface area contributed by atoms with Gasteiger partial charge in [-0.1, -0.05) is 30.3 Å². The largest absolute Gasteiger partial charge is 0.399 e. The first-order valence-corrected chi connectivity index (χ1v) is 6.17. The quantitative estimate of drug-likeness (QED) is 0.711. The van der Waals surface area contributed by atoms with E-state index in [0.29, 0.717) is 12.2 Å². The lowest BCUT2D eigenvalue weighted by atomic mass is 10.1. The van der Waals surface area contributed by atoms with E-state index >= 15 is 0 Å². The second-order valence-corrected chi connectivity index (χ2v) is 4.58. The number of aromatic nitrogens is 1. The Hall–Kier alpha value is -2.55. The summed E-state index contributed by atoms with van der Waals surface area (Å²) in [5, 5.41) is 1.71. The summed E-state index contributed by atoms with van der Waals surface area (Å²) < 4.78 is 1.71. The predicted molar refractivity (Wildman–Crippen MR) is 78.2 cm³/mol. The van der Waals surface area contributed by atoms with Gasteiger partial charge in [0.25, 0.3) is 5.56 Å². The van der Waals surface area contributed by atoms with Crippen LogP contribution in [0.3, 0.4) is 0 Å². The average Bonchev–Trinajstić information content (AvgIpc) is 2.42. The molecule has 0 aliphatic carbocycles. The van der Waals surface area contributed by atoms with Gasteiger partial charge in [-0.15, -0.1) is 0 Å². The second kappa shape index (κ2) is 4.61. The number of hydrogen-bond donors (Lipinski definition) is 1. The van der Waals surface area contributed by atoms with Crippen LogP contribution in [0.4, 0.5) is 5.69 Å². The number of pyridine rings is 1. The molecule has 3 nitrogen and oxygen atoms in total. The van der Waals surface area contributed by atoms with Crippen molar-refractivity contribution in [1.82, 2.24) is 4.57 Å². The Morgan fingerprint density at radius 1 is 1.00 bits per heavy atom. The molecule has 0 amide bonds. The number of fused-ring (bicyclic) bond motifs is 1. The number of nitrogens with zero attached hydrogens (tertiary/aromatic N) is 1. The van der Waals surface area contributed by atoms with Crippen LogP contribution < -0.4 is 11.3 Å². The molecule has 2 N–H and O–H groups in total. The highest BCUT2D eigenvalue weighted by molar-refractivity contribution is 5.81. The second-order valence-electron chi connectivity index (χ2n) is 4.58. The molecule has 0 aliphatic rings. The molecule has 0 saturated carbocycles. The molecule has 3 aromatic rings. The third-order valence-corrected chi connectivity index (χ3v) is 3.19. The number of benzene rings is 2. The van der Waals surface area contributed by atoms with E-state index in [2.05, 4.69) is 0 Å². The maximum Gasteiger partial charge on any atom is 0.258 e. The van der Waals surface area contributed by atoms with E-state index in [9.17, 15) is 4.79 Å². The van der Waals surface area contributed by atoms with Crippen molar-refractivity contribution in [3.8, 4) is 0 Å². The zero-order chi connectivity index (χ0) is 13.2. The van der Waals surface area contributed by atoms with Gasteiger partial charge in [0.15, 0.2) is 0 Å². The van der Waals surface area contributed by atoms with Crippen LogP contribution in [0.1, 0.15) is 5.56 Å². The zero-order valence-corrected chi connectivity index (χ0v) is 10.4. The fourth-order valence-electron chi connectivity index (χ4n) is 2.24. The first kappa shape index (κ1) is 11.5. The molecule has 0 aliphatic heterocycles. The van der Waals surface area contributed by atoms with Gasteiger partial charge < -0.3 is 10.3 Å². The highest BCUT2D eigenvalue weighted by atomic mass is 16.1. The van der Waals surface area contributed by atoms with E-state index in [0.717, 1.165) is 16.3 Å². The molecule has 0 spiro atoms. The molecule has 3 heteroatoms. The van der Waals surface area contributed by atoms with Crippen LogP contribution in [0, 0.1) is 0 Å². The van der Waals surface area contributed by atoms with Crippen molar-refractivity contribution in [2.45, 2.75) is 6.54 Å². The molecular weight excluding hydrogens is 236 g/mol. The van der Waals surface area contributed by atoms with Gasteiger partial charge in [0.1, 0.15) is 0 Å². The summed E-state index contributed by atoms with van der Waals surface area (Å²) in [7, 11) is 0. The van der Waals surface area contributed by atoms with E-state index in [1.807, 2.05) is 60.8 Å². The van der Waals surface area contributed by atoms with Crippen LogP contribution in [-0.4, -0.2) is 4.57 Å². The normalized spacial score (nSPS) is 10.7. The highest BCUT2D eigenvalue weighted by Gasteiger charge is 2.02. The fourth-order valence-corrected chi connectivity index (χ4v) is 2.24. The summed E-state index contributed by atoms with van der Waals surface area (Å²) in [5.41, 5.74) is 7.52. The van der Waals surface area contributed by atoms with Crippen LogP contribution in [0.25, 0.3) is 10.8 Å². The van der Waals surface area contributed by atoms with Crippen LogP contribution in [-0.2, 0) is 6.54 Å². The maximum atomic E-state index is 12.3. The molecule has 94 valence electrons. The SMILES string of the molecule is Nc1cccc(Cn2ccc3ccccc3c2=O)c1. The van der Waals surface area contributed by atoms with Gasteiger partial charge in [0.05, 0.1) is 6.54 Å². The number of rotatable bonds is 2. The lowest BCUT2D eigenvalue weighted by molar-refractivity contribution is 0.768. The molecule has 0 bridgehead atoms. The molecular formula is C16H14N2O. The monoisotopic (exact) mass is 250 g/mol. The zero-order valence-electron chi connectivity index (χ0n) is 10.4. The Balaban J connectivity index is 2.06. The van der Waals surface area contributed by atoms with Crippen molar-refractivity contribution in [3.63, 3.8) is 0 Å². The minimum absolute atomic E-state index is 0.0283. The van der Waals surface area contributed by atoms with Crippen LogP contribution in [0.15, 0.2) is 65.6 Å². The van der Waals surface area contributed by atoms with E-state index < -0.39 is 0 Å². The van der Waals surface area contributed by atoms with Gasteiger partial charge in [-0.25, -0.2) is 0 Å². The summed E-state index contributed by atoms with van der Waals surface area (Å²) in [6.07, 6.45) is 1.83. The van der Waals surface area contributed by atoms with E-state index in [1.54, 1.807) is 4.57 Å². The van der Waals surface area contributed by atoms with Crippen molar-refractivity contribution in [2.24, 2.45) is 0 Å². The summed E-state index contributed by atoms with van der Waals surface area (Å²) in [4.78, 5) is 12.3. The molecule has 3 rings (SSSR count). The third-order valence-electron chi connectivity index (χ3n) is 3.19. The Kier molecular flexibility index (Phi) is 2.80. The Labute approximate surface area is 110 Å². The van der Waals surface area contributed by atoms with Gasteiger partial charge in [-0.2, -0.15) is 0 Å². The van der Waals surface area contributed by atoms with Crippen molar-refractivity contribution < 1.29 is 0 Å². The van der Waals surface area contributed by atoms with Crippen LogP contribution in [0.5, 0.6) is 0 Å². The van der Waals surface area contributed by atoms with Crippen molar-refractivity contribution >= 4 is 16.5 Å². The van der Waals surface area contributed by atoms with E-state index in [-0.39, 0.29) is 5.56 Å². The minimum atomic E-state index is 0.0283. The lowest BCUT2D eigenvalue weighted by Crippen LogP contribution is -2.19. The number of nitrogens with two attached hydrogens (primary N) is 1. The molecule has 0 unspecified atom stereocenters. The maximum absolute atomic E-state index is 12.3. The van der Waals surface area contributed by atoms with Crippen LogP contribution in [0.2, 0.25) is 0 Å². The van der Waals surface area contributed by atoms with Crippen molar-refractivity contribution in [3.05, 3.63) is 76.7 Å². The third kappa shape index (κ3) is 2.22. The molecule has 0 saturated heterocycles. The smallest absolute Gasteiger partial charge is 0.258 e. The fraction of sp³-hybridized carbons (Fsp3) is 0.0625. The Morgan fingerprint density at radius 3 is 2.68 bits per heavy atom. The van der Waals surface area contributed by atoms with Gasteiger partial charge in [0, 0.05) is 17.3 Å². The van der Waals surface area contributed by atoms with Gasteiger partial charge in [-0.3, -0.25) is 4.79 Å². The van der Waals surface area contributed by atoms with Gasteiger partial charge >= 0.3 is 0 Å². The summed E-state index contributed by atoms with van der Waals surface area (Å²) in [6, 6.07) is 17.2. The first-order valence-electron chi connectivity index (χ1n) is 6.17. The standard InChI is InChI=1S/C16H14N2O/c17-14-6-3-4-12(10-14)11-18-9-8-13-5-1-2-7-15(13)16(18)19/h1-10H,11,17H2. The minimum Gasteiger partial charge on any atom is -0.399 e. The van der Waals surface area contributed by atoms with Crippen molar-refractivity contribution in [2.75, 3.05) is 5.73 Å². The van der Waals surface area contributed by atoms with Crippen molar-refractivity contribution in [1.29, 1.82) is 0 Å². The lowest BCUT2D eigenvalue weighted by Gasteiger charge is -2.08. The molecule has 0 fully saturated rings. The first-order chi connectivity index (χ1) is 9.24.